The largest absolute Gasteiger partial charge is 0.331 e. The first-order valence-electron chi connectivity index (χ1n) is 8.68. The minimum Gasteiger partial charge on any atom is -0.331 e. The Kier molecular flexibility index (Phi) is 5.43. The third kappa shape index (κ3) is 3.63. The number of amides is 1. The third-order valence-electron chi connectivity index (χ3n) is 5.17. The molecule has 6 heteroatoms. The fraction of sp³-hybridized carbons (Fsp3) is 0.706. The van der Waals surface area contributed by atoms with Gasteiger partial charge in [0.05, 0.1) is 12.1 Å². The van der Waals surface area contributed by atoms with Crippen LogP contribution >= 0.6 is 11.3 Å². The number of ketones is 1. The van der Waals surface area contributed by atoms with Crippen LogP contribution in [0.25, 0.3) is 0 Å². The standard InChI is InChI=1S/C17H25N3O2S/c18-14(12-6-2-1-3-7-12)17(22)20-10-5-4-8-13(20)15(21)16-19-9-11-23-16/h9,11-14H,1-8,10,18H2/t13-,14+/m0/s1. The van der Waals surface area contributed by atoms with Crippen LogP contribution < -0.4 is 5.73 Å². The van der Waals surface area contributed by atoms with E-state index in [-0.39, 0.29) is 23.7 Å². The number of nitrogens with zero attached hydrogens (tertiary/aromatic N) is 2. The van der Waals surface area contributed by atoms with Gasteiger partial charge in [0.15, 0.2) is 5.01 Å². The number of carbonyl (C=O) groups is 2. The summed E-state index contributed by atoms with van der Waals surface area (Å²) in [6.07, 6.45) is 9.92. The lowest BCUT2D eigenvalue weighted by Crippen LogP contribution is -2.55. The summed E-state index contributed by atoms with van der Waals surface area (Å²) in [5.41, 5.74) is 6.29. The Morgan fingerprint density at radius 3 is 2.61 bits per heavy atom. The average Bonchev–Trinajstić information content (AvgIpc) is 3.15. The molecule has 0 bridgehead atoms. The topological polar surface area (TPSA) is 76.3 Å². The first kappa shape index (κ1) is 16.6. The van der Waals surface area contributed by atoms with Crippen LogP contribution in [0, 0.1) is 5.92 Å². The molecule has 1 saturated carbocycles. The highest BCUT2D eigenvalue weighted by Crippen LogP contribution is 2.28. The van der Waals surface area contributed by atoms with E-state index in [2.05, 4.69) is 4.98 Å². The number of rotatable bonds is 4. The lowest BCUT2D eigenvalue weighted by molar-refractivity contribution is -0.136. The van der Waals surface area contributed by atoms with Crippen LogP contribution in [0.1, 0.15) is 61.2 Å². The van der Waals surface area contributed by atoms with Gasteiger partial charge in [-0.3, -0.25) is 9.59 Å². The van der Waals surface area contributed by atoms with E-state index in [4.69, 9.17) is 5.73 Å². The van der Waals surface area contributed by atoms with Gasteiger partial charge < -0.3 is 10.6 Å². The molecule has 1 aliphatic carbocycles. The Morgan fingerprint density at radius 1 is 1.17 bits per heavy atom. The van der Waals surface area contributed by atoms with E-state index < -0.39 is 6.04 Å². The zero-order chi connectivity index (χ0) is 16.2. The maximum Gasteiger partial charge on any atom is 0.240 e. The Morgan fingerprint density at radius 2 is 1.91 bits per heavy atom. The minimum absolute atomic E-state index is 0.0242. The van der Waals surface area contributed by atoms with Gasteiger partial charge in [-0.05, 0) is 38.0 Å². The molecule has 1 saturated heterocycles. The molecule has 0 aromatic carbocycles. The summed E-state index contributed by atoms with van der Waals surface area (Å²) < 4.78 is 0. The van der Waals surface area contributed by atoms with Crippen LogP contribution in [-0.4, -0.2) is 40.2 Å². The number of carbonyl (C=O) groups excluding carboxylic acids is 2. The van der Waals surface area contributed by atoms with Gasteiger partial charge in [0.1, 0.15) is 0 Å². The predicted octanol–water partition coefficient (Wildman–Crippen LogP) is 2.61. The van der Waals surface area contributed by atoms with E-state index in [0.717, 1.165) is 44.9 Å². The highest BCUT2D eigenvalue weighted by Gasteiger charge is 2.37. The molecule has 3 rings (SSSR count). The van der Waals surface area contributed by atoms with E-state index >= 15 is 0 Å². The van der Waals surface area contributed by atoms with E-state index in [1.807, 2.05) is 0 Å². The molecule has 0 radical (unpaired) electrons. The number of hydrogen-bond donors (Lipinski definition) is 1. The molecule has 1 amide bonds. The second-order valence-corrected chi connectivity index (χ2v) is 7.56. The maximum atomic E-state index is 12.9. The Hall–Kier alpha value is -1.27. The summed E-state index contributed by atoms with van der Waals surface area (Å²) in [7, 11) is 0. The molecule has 23 heavy (non-hydrogen) atoms. The van der Waals surface area contributed by atoms with Gasteiger partial charge in [-0.15, -0.1) is 11.3 Å². The van der Waals surface area contributed by atoms with E-state index in [1.54, 1.807) is 16.5 Å². The monoisotopic (exact) mass is 335 g/mol. The van der Waals surface area contributed by atoms with Gasteiger partial charge in [0.25, 0.3) is 0 Å². The Bertz CT molecular complexity index is 540. The quantitative estimate of drug-likeness (QED) is 0.858. The van der Waals surface area contributed by atoms with E-state index in [9.17, 15) is 9.59 Å². The number of piperidine rings is 1. The fourth-order valence-corrected chi connectivity index (χ4v) is 4.47. The van der Waals surface area contributed by atoms with Gasteiger partial charge in [-0.25, -0.2) is 4.98 Å². The van der Waals surface area contributed by atoms with Crippen molar-refractivity contribution in [2.45, 2.75) is 63.5 Å². The van der Waals surface area contributed by atoms with Gasteiger partial charge in [0, 0.05) is 18.1 Å². The number of aromatic nitrogens is 1. The Labute approximate surface area is 141 Å². The van der Waals surface area contributed by atoms with Crippen LogP contribution in [-0.2, 0) is 4.79 Å². The summed E-state index contributed by atoms with van der Waals surface area (Å²) in [5.74, 6) is 0.212. The van der Waals surface area contributed by atoms with Crippen LogP contribution in [0.3, 0.4) is 0 Å². The van der Waals surface area contributed by atoms with Crippen LogP contribution in [0.5, 0.6) is 0 Å². The van der Waals surface area contributed by atoms with Gasteiger partial charge in [-0.1, -0.05) is 19.3 Å². The molecular weight excluding hydrogens is 310 g/mol. The van der Waals surface area contributed by atoms with Crippen LogP contribution in [0.15, 0.2) is 11.6 Å². The molecule has 126 valence electrons. The maximum absolute atomic E-state index is 12.9. The first-order valence-corrected chi connectivity index (χ1v) is 9.56. The van der Waals surface area contributed by atoms with Gasteiger partial charge >= 0.3 is 0 Å². The molecule has 2 heterocycles. The second kappa shape index (κ2) is 7.53. The molecular formula is C17H25N3O2S. The van der Waals surface area contributed by atoms with Gasteiger partial charge in [-0.2, -0.15) is 0 Å². The lowest BCUT2D eigenvalue weighted by atomic mass is 9.83. The minimum atomic E-state index is -0.458. The van der Waals surface area contributed by atoms with Crippen LogP contribution in [0.4, 0.5) is 0 Å². The lowest BCUT2D eigenvalue weighted by Gasteiger charge is -2.38. The zero-order valence-electron chi connectivity index (χ0n) is 13.4. The second-order valence-electron chi connectivity index (χ2n) is 6.67. The highest BCUT2D eigenvalue weighted by atomic mass is 32.1. The number of likely N-dealkylation sites (tertiary alicyclic amines) is 1. The molecule has 2 N–H and O–H groups in total. The van der Waals surface area contributed by atoms with E-state index in [1.165, 1.54) is 17.8 Å². The molecule has 5 nitrogen and oxygen atoms in total. The van der Waals surface area contributed by atoms with Crippen molar-refractivity contribution in [1.29, 1.82) is 0 Å². The number of nitrogens with two attached hydrogens (primary N) is 1. The van der Waals surface area contributed by atoms with Crippen molar-refractivity contribution in [3.8, 4) is 0 Å². The number of Topliss-reactive ketones (excluding diaryl/α,β-unsaturated/α-hetero) is 1. The van der Waals surface area contributed by atoms with Crippen molar-refractivity contribution in [2.75, 3.05) is 6.54 Å². The molecule has 1 aliphatic heterocycles. The van der Waals surface area contributed by atoms with Crippen molar-refractivity contribution >= 4 is 23.0 Å². The van der Waals surface area contributed by atoms with Crippen molar-refractivity contribution in [3.63, 3.8) is 0 Å². The average molecular weight is 335 g/mol. The molecule has 2 aliphatic rings. The smallest absolute Gasteiger partial charge is 0.240 e. The SMILES string of the molecule is N[C@@H](C(=O)N1CCCC[C@H]1C(=O)c1nccs1)C1CCCCC1. The normalized spacial score (nSPS) is 24.4. The Balaban J connectivity index is 1.72. The molecule has 0 unspecified atom stereocenters. The molecule has 0 spiro atoms. The summed E-state index contributed by atoms with van der Waals surface area (Å²) in [4.78, 5) is 31.5. The van der Waals surface area contributed by atoms with Crippen molar-refractivity contribution in [2.24, 2.45) is 11.7 Å². The zero-order valence-corrected chi connectivity index (χ0v) is 14.3. The molecule has 1 aromatic rings. The number of thiazole rings is 1. The van der Waals surface area contributed by atoms with Crippen LogP contribution in [0.2, 0.25) is 0 Å². The summed E-state index contributed by atoms with van der Waals surface area (Å²) in [6, 6.07) is -0.836. The number of hydrogen-bond acceptors (Lipinski definition) is 5. The molecule has 2 atom stereocenters. The summed E-state index contributed by atoms with van der Waals surface area (Å²) >= 11 is 1.35. The van der Waals surface area contributed by atoms with E-state index in [0.29, 0.717) is 11.6 Å². The summed E-state index contributed by atoms with van der Waals surface area (Å²) in [6.45, 7) is 0.640. The predicted molar refractivity (Wildman–Crippen MR) is 90.3 cm³/mol. The molecule has 2 fully saturated rings. The molecule has 1 aromatic heterocycles. The fourth-order valence-electron chi connectivity index (χ4n) is 3.84. The van der Waals surface area contributed by atoms with Crippen molar-refractivity contribution in [3.05, 3.63) is 16.6 Å². The third-order valence-corrected chi connectivity index (χ3v) is 5.96. The van der Waals surface area contributed by atoms with Gasteiger partial charge in [0.2, 0.25) is 11.7 Å². The van der Waals surface area contributed by atoms with Crippen molar-refractivity contribution in [1.82, 2.24) is 9.88 Å². The summed E-state index contributed by atoms with van der Waals surface area (Å²) in [5, 5.41) is 2.30. The van der Waals surface area contributed by atoms with Crippen molar-refractivity contribution < 1.29 is 9.59 Å². The first-order chi connectivity index (χ1) is 11.2. The highest BCUT2D eigenvalue weighted by molar-refractivity contribution is 7.11.